The lowest BCUT2D eigenvalue weighted by molar-refractivity contribution is -0.167. The molecule has 0 saturated carbocycles. The van der Waals surface area contributed by atoms with Crippen molar-refractivity contribution in [3.05, 3.63) is 36.5 Å². The Hall–Kier alpha value is -2.37. The van der Waals surface area contributed by atoms with E-state index in [0.717, 1.165) is 64.2 Å². The van der Waals surface area contributed by atoms with Gasteiger partial charge in [-0.2, -0.15) is 0 Å². The zero-order chi connectivity index (χ0) is 53.6. The number of hydrogen-bond acceptors (Lipinski definition) is 6. The molecule has 0 amide bonds. The molecule has 74 heavy (non-hydrogen) atoms. The summed E-state index contributed by atoms with van der Waals surface area (Å²) in [5.74, 6) is -0.861. The van der Waals surface area contributed by atoms with E-state index in [0.29, 0.717) is 19.3 Å². The summed E-state index contributed by atoms with van der Waals surface area (Å²) in [5.41, 5.74) is 0. The number of ether oxygens (including phenoxy) is 3. The van der Waals surface area contributed by atoms with Crippen LogP contribution in [0.4, 0.5) is 0 Å². The summed E-state index contributed by atoms with van der Waals surface area (Å²) in [4.78, 5) is 38.3. The largest absolute Gasteiger partial charge is 0.462 e. The highest BCUT2D eigenvalue weighted by Crippen LogP contribution is 2.17. The Morgan fingerprint density at radius 3 is 0.676 bits per heavy atom. The molecule has 0 heterocycles. The lowest BCUT2D eigenvalue weighted by Crippen LogP contribution is -2.30. The minimum Gasteiger partial charge on any atom is -0.462 e. The van der Waals surface area contributed by atoms with Gasteiger partial charge in [0, 0.05) is 19.3 Å². The van der Waals surface area contributed by atoms with Crippen LogP contribution in [0, 0.1) is 0 Å². The van der Waals surface area contributed by atoms with Crippen LogP contribution >= 0.6 is 0 Å². The van der Waals surface area contributed by atoms with Crippen molar-refractivity contribution >= 4 is 17.9 Å². The molecule has 1 atom stereocenters. The van der Waals surface area contributed by atoms with Crippen molar-refractivity contribution in [3.8, 4) is 0 Å². The average Bonchev–Trinajstić information content (AvgIpc) is 3.40. The van der Waals surface area contributed by atoms with Crippen LogP contribution < -0.4 is 0 Å². The number of esters is 3. The summed E-state index contributed by atoms with van der Waals surface area (Å²) in [6.07, 6.45) is 77.2. The first kappa shape index (κ1) is 71.6. The zero-order valence-corrected chi connectivity index (χ0v) is 49.9. The molecule has 0 bridgehead atoms. The summed E-state index contributed by atoms with van der Waals surface area (Å²) >= 11 is 0. The van der Waals surface area contributed by atoms with Crippen molar-refractivity contribution in [2.45, 2.75) is 367 Å². The maximum Gasteiger partial charge on any atom is 0.306 e. The third kappa shape index (κ3) is 60.5. The number of hydrogen-bond donors (Lipinski definition) is 0. The first-order chi connectivity index (χ1) is 36.5. The minimum atomic E-state index is -0.776. The molecule has 6 nitrogen and oxygen atoms in total. The van der Waals surface area contributed by atoms with Gasteiger partial charge < -0.3 is 14.2 Å². The van der Waals surface area contributed by atoms with Crippen LogP contribution in [0.2, 0.25) is 0 Å². The van der Waals surface area contributed by atoms with Gasteiger partial charge in [0.25, 0.3) is 0 Å². The summed E-state index contributed by atoms with van der Waals surface area (Å²) < 4.78 is 16.9. The molecule has 0 fully saturated rings. The molecule has 0 aliphatic rings. The monoisotopic (exact) mass is 1040 g/mol. The van der Waals surface area contributed by atoms with Gasteiger partial charge in [0.15, 0.2) is 6.10 Å². The van der Waals surface area contributed by atoms with Crippen LogP contribution in [0.1, 0.15) is 361 Å². The highest BCUT2D eigenvalue weighted by Gasteiger charge is 2.19. The van der Waals surface area contributed by atoms with Crippen molar-refractivity contribution in [3.63, 3.8) is 0 Å². The van der Waals surface area contributed by atoms with Crippen molar-refractivity contribution in [1.82, 2.24) is 0 Å². The summed E-state index contributed by atoms with van der Waals surface area (Å²) in [7, 11) is 0. The Morgan fingerprint density at radius 1 is 0.257 bits per heavy atom. The molecule has 434 valence electrons. The van der Waals surface area contributed by atoms with Crippen molar-refractivity contribution in [1.29, 1.82) is 0 Å². The van der Waals surface area contributed by atoms with Crippen molar-refractivity contribution in [2.75, 3.05) is 13.2 Å². The summed E-state index contributed by atoms with van der Waals surface area (Å²) in [6, 6.07) is 0. The van der Waals surface area contributed by atoms with Crippen LogP contribution in [-0.2, 0) is 28.6 Å². The zero-order valence-electron chi connectivity index (χ0n) is 49.9. The standard InChI is InChI=1S/C68H126O6/c1-4-7-10-13-16-19-22-25-28-30-32-33-34-35-37-38-40-43-46-49-52-55-58-61-67(70)73-64-65(63-72-66(69)60-57-54-51-48-45-42-27-24-21-18-15-12-9-6-3)74-68(71)62-59-56-53-50-47-44-41-39-36-31-29-26-23-20-17-14-11-8-5-2/h24,26-27,29-30,32,65H,4-23,25,28,31,33-64H2,1-3H3/b27-24-,29-26-,32-30-. The van der Waals surface area contributed by atoms with E-state index in [1.807, 2.05) is 0 Å². The summed E-state index contributed by atoms with van der Waals surface area (Å²) in [6.45, 7) is 6.68. The minimum absolute atomic E-state index is 0.0727. The lowest BCUT2D eigenvalue weighted by Gasteiger charge is -2.18. The van der Waals surface area contributed by atoms with Gasteiger partial charge in [0.2, 0.25) is 0 Å². The molecule has 0 N–H and O–H groups in total. The maximum atomic E-state index is 12.9. The van der Waals surface area contributed by atoms with E-state index >= 15 is 0 Å². The Bertz CT molecular complexity index is 1240. The van der Waals surface area contributed by atoms with Crippen molar-refractivity contribution < 1.29 is 28.6 Å². The van der Waals surface area contributed by atoms with Crippen LogP contribution in [0.3, 0.4) is 0 Å². The van der Waals surface area contributed by atoms with Crippen LogP contribution in [0.5, 0.6) is 0 Å². The third-order valence-electron chi connectivity index (χ3n) is 14.8. The Kier molecular flexibility index (Phi) is 61.1. The Morgan fingerprint density at radius 2 is 0.446 bits per heavy atom. The van der Waals surface area contributed by atoms with Crippen molar-refractivity contribution in [2.24, 2.45) is 0 Å². The van der Waals surface area contributed by atoms with Gasteiger partial charge in [0.1, 0.15) is 13.2 Å². The number of allylic oxidation sites excluding steroid dienone is 6. The van der Waals surface area contributed by atoms with E-state index in [1.165, 1.54) is 257 Å². The molecule has 0 saturated heterocycles. The molecule has 0 rings (SSSR count). The number of carbonyl (C=O) groups excluding carboxylic acids is 3. The number of rotatable bonds is 61. The molecule has 0 spiro atoms. The lowest BCUT2D eigenvalue weighted by atomic mass is 10.0. The van der Waals surface area contributed by atoms with Gasteiger partial charge in [-0.25, -0.2) is 0 Å². The maximum absolute atomic E-state index is 12.9. The van der Waals surface area contributed by atoms with Gasteiger partial charge in [0.05, 0.1) is 0 Å². The van der Waals surface area contributed by atoms with Gasteiger partial charge in [-0.05, 0) is 96.3 Å². The molecule has 6 heteroatoms. The topological polar surface area (TPSA) is 78.9 Å². The van der Waals surface area contributed by atoms with E-state index in [1.54, 1.807) is 0 Å². The molecule has 0 radical (unpaired) electrons. The molecule has 0 aromatic rings. The van der Waals surface area contributed by atoms with E-state index in [4.69, 9.17) is 14.2 Å². The highest BCUT2D eigenvalue weighted by molar-refractivity contribution is 5.71. The Balaban J connectivity index is 4.29. The van der Waals surface area contributed by atoms with Gasteiger partial charge in [-0.3, -0.25) is 14.4 Å². The van der Waals surface area contributed by atoms with E-state index in [9.17, 15) is 14.4 Å². The molecule has 0 aromatic carbocycles. The van der Waals surface area contributed by atoms with Gasteiger partial charge >= 0.3 is 17.9 Å². The first-order valence-corrected chi connectivity index (χ1v) is 33.0. The second-order valence-corrected chi connectivity index (χ2v) is 22.4. The fourth-order valence-corrected chi connectivity index (χ4v) is 9.84. The first-order valence-electron chi connectivity index (χ1n) is 33.0. The number of unbranched alkanes of at least 4 members (excludes halogenated alkanes) is 44. The molecule has 0 aromatic heterocycles. The van der Waals surface area contributed by atoms with E-state index < -0.39 is 6.10 Å². The molecular formula is C68H126O6. The Labute approximate surface area is 461 Å². The fourth-order valence-electron chi connectivity index (χ4n) is 9.84. The summed E-state index contributed by atoms with van der Waals surface area (Å²) in [5, 5.41) is 0. The molecule has 0 aliphatic carbocycles. The fraction of sp³-hybridized carbons (Fsp3) is 0.868. The quantitative estimate of drug-likeness (QED) is 0.0261. The molecular weight excluding hydrogens is 913 g/mol. The second kappa shape index (κ2) is 63.2. The smallest absolute Gasteiger partial charge is 0.306 e. The van der Waals surface area contributed by atoms with Gasteiger partial charge in [-0.1, -0.05) is 282 Å². The van der Waals surface area contributed by atoms with Crippen LogP contribution in [-0.4, -0.2) is 37.2 Å². The van der Waals surface area contributed by atoms with E-state index in [2.05, 4.69) is 57.2 Å². The second-order valence-electron chi connectivity index (χ2n) is 22.4. The van der Waals surface area contributed by atoms with Crippen LogP contribution in [0.25, 0.3) is 0 Å². The van der Waals surface area contributed by atoms with Crippen LogP contribution in [0.15, 0.2) is 36.5 Å². The molecule has 1 unspecified atom stereocenters. The molecule has 0 aliphatic heterocycles. The predicted molar refractivity (Wildman–Crippen MR) is 321 cm³/mol. The van der Waals surface area contributed by atoms with Gasteiger partial charge in [-0.15, -0.1) is 0 Å². The third-order valence-corrected chi connectivity index (χ3v) is 14.8. The average molecular weight is 1040 g/mol. The van der Waals surface area contributed by atoms with E-state index in [-0.39, 0.29) is 31.1 Å². The normalized spacial score (nSPS) is 12.2. The SMILES string of the molecule is CCCCCCC/C=C\CCCCCCCC(=O)OCC(COC(=O)CCCCCCCCCCCCC/C=C\CCCCCCCCCC)OC(=O)CCCCCCCCCCC/C=C\CCCCCCCC. The highest BCUT2D eigenvalue weighted by atomic mass is 16.6. The predicted octanol–water partition coefficient (Wildman–Crippen LogP) is 22.4. The number of carbonyl (C=O) groups is 3.